The highest BCUT2D eigenvalue weighted by Crippen LogP contribution is 2.24. The normalized spacial score (nSPS) is 10.2. The number of rotatable bonds is 7. The first-order valence-electron chi connectivity index (χ1n) is 8.14. The van der Waals surface area contributed by atoms with E-state index in [1.807, 2.05) is 0 Å². The Morgan fingerprint density at radius 1 is 1.04 bits per heavy atom. The maximum atomic E-state index is 13.3. The lowest BCUT2D eigenvalue weighted by molar-refractivity contribution is -0.142. The number of benzene rings is 2. The van der Waals surface area contributed by atoms with Gasteiger partial charge in [-0.15, -0.1) is 0 Å². The van der Waals surface area contributed by atoms with Crippen LogP contribution in [-0.4, -0.2) is 29.7 Å². The van der Waals surface area contributed by atoms with Crippen molar-refractivity contribution in [3.8, 4) is 5.75 Å². The minimum Gasteiger partial charge on any atom is -0.482 e. The highest BCUT2D eigenvalue weighted by atomic mass is 35.5. The van der Waals surface area contributed by atoms with Crippen molar-refractivity contribution in [3.63, 3.8) is 0 Å². The lowest BCUT2D eigenvalue weighted by Gasteiger charge is -2.10. The number of nitrogens with one attached hydrogen (secondary N) is 2. The first kappa shape index (κ1) is 19.4. The van der Waals surface area contributed by atoms with Crippen molar-refractivity contribution in [2.24, 2.45) is 0 Å². The van der Waals surface area contributed by atoms with E-state index in [4.69, 9.17) is 16.3 Å². The molecular formula is C19H16ClFN4O3. The van der Waals surface area contributed by atoms with Crippen molar-refractivity contribution < 1.29 is 18.7 Å². The zero-order chi connectivity index (χ0) is 19.9. The molecule has 0 saturated heterocycles. The Morgan fingerprint density at radius 2 is 1.68 bits per heavy atom. The number of aromatic nitrogens is 2. The average molecular weight is 403 g/mol. The van der Waals surface area contributed by atoms with Gasteiger partial charge < -0.3 is 20.1 Å². The topological polar surface area (TPSA) is 85.4 Å². The molecule has 0 atom stereocenters. The van der Waals surface area contributed by atoms with E-state index in [0.29, 0.717) is 23.1 Å². The molecule has 9 heteroatoms. The highest BCUT2D eigenvalue weighted by Gasteiger charge is 2.05. The molecule has 0 aliphatic heterocycles. The Labute approximate surface area is 165 Å². The van der Waals surface area contributed by atoms with Gasteiger partial charge in [0.15, 0.2) is 6.61 Å². The van der Waals surface area contributed by atoms with Gasteiger partial charge in [0.25, 0.3) is 0 Å². The number of carbonyl (C=O) groups excluding carboxylic acids is 1. The van der Waals surface area contributed by atoms with Crippen LogP contribution in [0.1, 0.15) is 0 Å². The first-order chi connectivity index (χ1) is 13.5. The summed E-state index contributed by atoms with van der Waals surface area (Å²) in [5, 5.41) is 6.18. The van der Waals surface area contributed by atoms with Gasteiger partial charge in [0.1, 0.15) is 29.5 Å². The molecule has 0 amide bonds. The summed E-state index contributed by atoms with van der Waals surface area (Å²) in [6, 6.07) is 13.0. The fourth-order valence-corrected chi connectivity index (χ4v) is 2.38. The van der Waals surface area contributed by atoms with Gasteiger partial charge >= 0.3 is 5.97 Å². The molecule has 3 rings (SSSR count). The lowest BCUT2D eigenvalue weighted by Crippen LogP contribution is -2.12. The molecular weight excluding hydrogens is 387 g/mol. The quantitative estimate of drug-likeness (QED) is 0.569. The number of halogens is 2. The van der Waals surface area contributed by atoms with Crippen LogP contribution in [-0.2, 0) is 9.53 Å². The van der Waals surface area contributed by atoms with Crippen molar-refractivity contribution in [2.45, 2.75) is 0 Å². The molecule has 0 spiro atoms. The molecule has 0 aliphatic carbocycles. The summed E-state index contributed by atoms with van der Waals surface area (Å²) in [5.41, 5.74) is 1.36. The van der Waals surface area contributed by atoms with Gasteiger partial charge in [0.05, 0.1) is 12.1 Å². The second-order valence-corrected chi connectivity index (χ2v) is 5.96. The number of ether oxygens (including phenoxy) is 2. The Balaban J connectivity index is 1.64. The number of hydrogen-bond acceptors (Lipinski definition) is 7. The van der Waals surface area contributed by atoms with Crippen LogP contribution in [0, 0.1) is 5.82 Å². The van der Waals surface area contributed by atoms with E-state index < -0.39 is 11.8 Å². The van der Waals surface area contributed by atoms with Crippen LogP contribution in [0.2, 0.25) is 5.02 Å². The fraction of sp³-hybridized carbons (Fsp3) is 0.105. The molecule has 1 heterocycles. The van der Waals surface area contributed by atoms with Crippen LogP contribution in [0.15, 0.2) is 54.9 Å². The minimum absolute atomic E-state index is 0.0203. The van der Waals surface area contributed by atoms with E-state index in [0.717, 1.165) is 5.69 Å². The predicted molar refractivity (Wildman–Crippen MR) is 104 cm³/mol. The molecule has 0 aliphatic rings. The molecule has 1 aromatic heterocycles. The molecule has 0 saturated carbocycles. The van der Waals surface area contributed by atoms with E-state index in [1.165, 1.54) is 25.6 Å². The summed E-state index contributed by atoms with van der Waals surface area (Å²) < 4.78 is 23.1. The summed E-state index contributed by atoms with van der Waals surface area (Å²) >= 11 is 5.78. The molecule has 0 radical (unpaired) electrons. The molecule has 144 valence electrons. The van der Waals surface area contributed by atoms with Crippen molar-refractivity contribution >= 4 is 40.6 Å². The fourth-order valence-electron chi connectivity index (χ4n) is 2.20. The van der Waals surface area contributed by atoms with Gasteiger partial charge in [-0.3, -0.25) is 0 Å². The molecule has 0 unspecified atom stereocenters. The standard InChI is InChI=1S/C19H16ClFN4O3/c1-27-19(26)10-28-14-5-2-12(3-6-14)24-17-9-18(23-11-22-17)25-13-4-7-16(21)15(20)8-13/h2-9,11H,10H2,1H3,(H2,22,23,24,25). The number of nitrogens with zero attached hydrogens (tertiary/aromatic N) is 2. The third-order valence-electron chi connectivity index (χ3n) is 3.57. The van der Waals surface area contributed by atoms with Crippen LogP contribution in [0.25, 0.3) is 0 Å². The maximum absolute atomic E-state index is 13.3. The molecule has 0 bridgehead atoms. The zero-order valence-corrected chi connectivity index (χ0v) is 15.5. The van der Waals surface area contributed by atoms with Crippen molar-refractivity contribution in [1.82, 2.24) is 9.97 Å². The smallest absolute Gasteiger partial charge is 0.343 e. The van der Waals surface area contributed by atoms with E-state index in [-0.39, 0.29) is 11.6 Å². The predicted octanol–water partition coefficient (Wildman–Crippen LogP) is 4.31. The number of hydrogen-bond donors (Lipinski definition) is 2. The molecule has 28 heavy (non-hydrogen) atoms. The van der Waals surface area contributed by atoms with Gasteiger partial charge in [-0.1, -0.05) is 11.6 Å². The Bertz CT molecular complexity index is 970. The van der Waals surface area contributed by atoms with Crippen LogP contribution < -0.4 is 15.4 Å². The van der Waals surface area contributed by atoms with Crippen molar-refractivity contribution in [3.05, 3.63) is 65.7 Å². The van der Waals surface area contributed by atoms with Gasteiger partial charge in [0.2, 0.25) is 0 Å². The van der Waals surface area contributed by atoms with Crippen LogP contribution >= 0.6 is 11.6 Å². The average Bonchev–Trinajstić information content (AvgIpc) is 2.70. The van der Waals surface area contributed by atoms with Crippen LogP contribution in [0.3, 0.4) is 0 Å². The molecule has 3 aromatic rings. The van der Waals surface area contributed by atoms with E-state index >= 15 is 0 Å². The summed E-state index contributed by atoms with van der Waals surface area (Å²) in [4.78, 5) is 19.4. The maximum Gasteiger partial charge on any atom is 0.343 e. The molecule has 2 N–H and O–H groups in total. The van der Waals surface area contributed by atoms with E-state index in [9.17, 15) is 9.18 Å². The Hall–Kier alpha value is -3.39. The van der Waals surface area contributed by atoms with Gasteiger partial charge in [-0.2, -0.15) is 0 Å². The summed E-state index contributed by atoms with van der Waals surface area (Å²) in [6.07, 6.45) is 1.39. The number of carbonyl (C=O) groups is 1. The van der Waals surface area contributed by atoms with E-state index in [1.54, 1.807) is 36.4 Å². The Morgan fingerprint density at radius 3 is 2.32 bits per heavy atom. The summed E-state index contributed by atoms with van der Waals surface area (Å²) in [5.74, 6) is 0.656. The number of methoxy groups -OCH3 is 1. The second-order valence-electron chi connectivity index (χ2n) is 5.56. The summed E-state index contributed by atoms with van der Waals surface area (Å²) in [7, 11) is 1.30. The second kappa shape index (κ2) is 9.01. The Kier molecular flexibility index (Phi) is 6.23. The number of esters is 1. The summed E-state index contributed by atoms with van der Waals surface area (Å²) in [6.45, 7) is -0.155. The lowest BCUT2D eigenvalue weighted by atomic mass is 10.3. The van der Waals surface area contributed by atoms with Crippen molar-refractivity contribution in [1.29, 1.82) is 0 Å². The van der Waals surface area contributed by atoms with E-state index in [2.05, 4.69) is 25.3 Å². The van der Waals surface area contributed by atoms with Crippen molar-refractivity contribution in [2.75, 3.05) is 24.4 Å². The SMILES string of the molecule is COC(=O)COc1ccc(Nc2cc(Nc3ccc(F)c(Cl)c3)ncn2)cc1. The van der Waals surface area contributed by atoms with Crippen LogP contribution in [0.4, 0.5) is 27.4 Å². The highest BCUT2D eigenvalue weighted by molar-refractivity contribution is 6.31. The van der Waals surface area contributed by atoms with Gasteiger partial charge in [-0.25, -0.2) is 19.2 Å². The molecule has 7 nitrogen and oxygen atoms in total. The van der Waals surface area contributed by atoms with Crippen LogP contribution in [0.5, 0.6) is 5.75 Å². The third-order valence-corrected chi connectivity index (χ3v) is 3.86. The monoisotopic (exact) mass is 402 g/mol. The minimum atomic E-state index is -0.490. The zero-order valence-electron chi connectivity index (χ0n) is 14.8. The van der Waals surface area contributed by atoms with Gasteiger partial charge in [0, 0.05) is 17.4 Å². The largest absolute Gasteiger partial charge is 0.482 e. The molecule has 0 fully saturated rings. The molecule has 2 aromatic carbocycles. The number of anilines is 4. The third kappa shape index (κ3) is 5.31. The first-order valence-corrected chi connectivity index (χ1v) is 8.52. The van der Waals surface area contributed by atoms with Gasteiger partial charge in [-0.05, 0) is 42.5 Å².